The monoisotopic (exact) mass is 248 g/mol. The predicted molar refractivity (Wildman–Crippen MR) is 65.1 cm³/mol. The fraction of sp³-hybridized carbons (Fsp3) is 0.545. The zero-order chi connectivity index (χ0) is 12.8. The van der Waals surface area contributed by atoms with Gasteiger partial charge in [0.2, 0.25) is 12.3 Å². The molecule has 2 aromatic heterocycles. The van der Waals surface area contributed by atoms with Gasteiger partial charge in [-0.3, -0.25) is 0 Å². The Morgan fingerprint density at radius 3 is 2.67 bits per heavy atom. The van der Waals surface area contributed by atoms with Gasteiger partial charge < -0.3 is 9.84 Å². The van der Waals surface area contributed by atoms with Crippen LogP contribution in [0.1, 0.15) is 31.1 Å². The summed E-state index contributed by atoms with van der Waals surface area (Å²) >= 11 is 0. The molecule has 7 nitrogen and oxygen atoms in total. The molecule has 0 atom stereocenters. The lowest BCUT2D eigenvalue weighted by Crippen LogP contribution is -2.12. The van der Waals surface area contributed by atoms with Crippen molar-refractivity contribution in [3.8, 4) is 0 Å². The normalized spacial score (nSPS) is 10.6. The lowest BCUT2D eigenvalue weighted by Gasteiger charge is -2.06. The molecule has 2 heterocycles. The fourth-order valence-electron chi connectivity index (χ4n) is 1.60. The molecule has 0 bridgehead atoms. The van der Waals surface area contributed by atoms with Crippen molar-refractivity contribution in [2.75, 3.05) is 11.9 Å². The molecule has 0 fully saturated rings. The molecule has 2 aromatic rings. The summed E-state index contributed by atoms with van der Waals surface area (Å²) in [6.07, 6.45) is 3.69. The molecule has 0 aliphatic heterocycles. The molecule has 7 heteroatoms. The highest BCUT2D eigenvalue weighted by molar-refractivity contribution is 5.25. The number of aryl methyl sites for hydroxylation is 2. The summed E-state index contributed by atoms with van der Waals surface area (Å²) in [5, 5.41) is 15.0. The van der Waals surface area contributed by atoms with Gasteiger partial charge in [0.1, 0.15) is 0 Å². The Balaban J connectivity index is 1.93. The molecule has 0 saturated carbocycles. The predicted octanol–water partition coefficient (Wildman–Crippen LogP) is 1.03. The number of nitrogens with one attached hydrogen (secondary N) is 1. The van der Waals surface area contributed by atoms with Gasteiger partial charge >= 0.3 is 0 Å². The third-order valence-electron chi connectivity index (χ3n) is 2.55. The van der Waals surface area contributed by atoms with Gasteiger partial charge in [-0.15, -0.1) is 5.10 Å². The molecule has 0 radical (unpaired) electrons. The van der Waals surface area contributed by atoms with E-state index in [1.807, 2.05) is 6.92 Å². The highest BCUT2D eigenvalue weighted by Gasteiger charge is 2.06. The van der Waals surface area contributed by atoms with Crippen LogP contribution in [-0.4, -0.2) is 31.9 Å². The van der Waals surface area contributed by atoms with Crippen LogP contribution in [0.4, 0.5) is 5.95 Å². The first-order valence-corrected chi connectivity index (χ1v) is 6.05. The topological polar surface area (TPSA) is 89.6 Å². The summed E-state index contributed by atoms with van der Waals surface area (Å²) in [5.74, 6) is 1.21. The highest BCUT2D eigenvalue weighted by atomic mass is 16.5. The van der Waals surface area contributed by atoms with Crippen LogP contribution in [0.3, 0.4) is 0 Å². The second kappa shape index (κ2) is 6.04. The average molecular weight is 248 g/mol. The number of nitrogens with zero attached hydrogens (tertiary/aromatic N) is 5. The molecule has 0 aromatic carbocycles. The summed E-state index contributed by atoms with van der Waals surface area (Å²) in [5.41, 5.74) is 1.95. The molecule has 1 N–H and O–H groups in total. The molecular weight excluding hydrogens is 232 g/mol. The molecule has 0 amide bonds. The van der Waals surface area contributed by atoms with Crippen molar-refractivity contribution in [3.05, 3.63) is 23.6 Å². The van der Waals surface area contributed by atoms with E-state index in [9.17, 15) is 0 Å². The van der Waals surface area contributed by atoms with Gasteiger partial charge in [-0.25, -0.2) is 4.98 Å². The maximum Gasteiger partial charge on any atom is 0.242 e. The van der Waals surface area contributed by atoms with Crippen LogP contribution in [0, 0.1) is 0 Å². The summed E-state index contributed by atoms with van der Waals surface area (Å²) in [7, 11) is 0. The Morgan fingerprint density at radius 2 is 2.00 bits per heavy atom. The largest absolute Gasteiger partial charge is 0.352 e. The molecule has 18 heavy (non-hydrogen) atoms. The van der Waals surface area contributed by atoms with E-state index in [0.717, 1.165) is 24.2 Å². The van der Waals surface area contributed by atoms with Crippen molar-refractivity contribution < 1.29 is 4.52 Å². The number of hydrogen-bond acceptors (Lipinski definition) is 7. The Morgan fingerprint density at radius 1 is 1.17 bits per heavy atom. The van der Waals surface area contributed by atoms with E-state index < -0.39 is 0 Å². The Labute approximate surface area is 105 Å². The molecular formula is C11H16N6O. The summed E-state index contributed by atoms with van der Waals surface area (Å²) in [4.78, 5) is 8.37. The van der Waals surface area contributed by atoms with E-state index in [0.29, 0.717) is 24.7 Å². The molecule has 0 saturated heterocycles. The van der Waals surface area contributed by atoms with Crippen LogP contribution in [0.15, 0.2) is 10.9 Å². The molecule has 96 valence electrons. The molecule has 0 aliphatic carbocycles. The Kier molecular flexibility index (Phi) is 4.16. The number of hydrogen-bond donors (Lipinski definition) is 1. The van der Waals surface area contributed by atoms with Gasteiger partial charge in [0, 0.05) is 13.0 Å². The van der Waals surface area contributed by atoms with Gasteiger partial charge in [0.15, 0.2) is 5.82 Å². The van der Waals surface area contributed by atoms with Crippen LogP contribution in [0.2, 0.25) is 0 Å². The van der Waals surface area contributed by atoms with E-state index in [1.165, 1.54) is 6.39 Å². The molecule has 0 unspecified atom stereocenters. The Hall–Kier alpha value is -2.05. The van der Waals surface area contributed by atoms with E-state index >= 15 is 0 Å². The zero-order valence-electron chi connectivity index (χ0n) is 10.6. The van der Waals surface area contributed by atoms with E-state index in [-0.39, 0.29) is 0 Å². The van der Waals surface area contributed by atoms with E-state index in [1.54, 1.807) is 0 Å². The third kappa shape index (κ3) is 2.99. The lowest BCUT2D eigenvalue weighted by molar-refractivity contribution is 0.410. The summed E-state index contributed by atoms with van der Waals surface area (Å²) < 4.78 is 4.65. The van der Waals surface area contributed by atoms with Crippen molar-refractivity contribution in [1.82, 2.24) is 25.3 Å². The van der Waals surface area contributed by atoms with Gasteiger partial charge in [-0.2, -0.15) is 10.1 Å². The highest BCUT2D eigenvalue weighted by Crippen LogP contribution is 2.06. The van der Waals surface area contributed by atoms with E-state index in [4.69, 9.17) is 0 Å². The Bertz CT molecular complexity index is 484. The number of anilines is 1. The van der Waals surface area contributed by atoms with Gasteiger partial charge in [-0.05, 0) is 12.8 Å². The van der Waals surface area contributed by atoms with Crippen LogP contribution >= 0.6 is 0 Å². The first-order valence-electron chi connectivity index (χ1n) is 6.05. The summed E-state index contributed by atoms with van der Waals surface area (Å²) in [6, 6.07) is 0. The molecule has 0 spiro atoms. The van der Waals surface area contributed by atoms with Crippen molar-refractivity contribution >= 4 is 5.95 Å². The van der Waals surface area contributed by atoms with Crippen molar-refractivity contribution in [2.24, 2.45) is 0 Å². The van der Waals surface area contributed by atoms with Crippen LogP contribution in [0.25, 0.3) is 0 Å². The second-order valence-electron chi connectivity index (χ2n) is 3.76. The van der Waals surface area contributed by atoms with E-state index in [2.05, 4.69) is 42.1 Å². The number of aromatic nitrogens is 5. The van der Waals surface area contributed by atoms with Crippen molar-refractivity contribution in [3.63, 3.8) is 0 Å². The minimum Gasteiger partial charge on any atom is -0.352 e. The van der Waals surface area contributed by atoms with Gasteiger partial charge in [-0.1, -0.05) is 19.0 Å². The molecule has 0 aliphatic rings. The van der Waals surface area contributed by atoms with Crippen LogP contribution < -0.4 is 5.32 Å². The molecule has 2 rings (SSSR count). The SMILES string of the molecule is CCc1nnc(NCCc2ncon2)nc1CC. The fourth-order valence-corrected chi connectivity index (χ4v) is 1.60. The van der Waals surface area contributed by atoms with Crippen molar-refractivity contribution in [2.45, 2.75) is 33.1 Å². The first-order chi connectivity index (χ1) is 8.83. The average Bonchev–Trinajstić information content (AvgIpc) is 2.91. The maximum absolute atomic E-state index is 4.65. The third-order valence-corrected chi connectivity index (χ3v) is 2.55. The summed E-state index contributed by atoms with van der Waals surface area (Å²) in [6.45, 7) is 4.76. The maximum atomic E-state index is 4.65. The minimum atomic E-state index is 0.549. The van der Waals surface area contributed by atoms with Crippen LogP contribution in [0.5, 0.6) is 0 Å². The van der Waals surface area contributed by atoms with Gasteiger partial charge in [0.25, 0.3) is 0 Å². The minimum absolute atomic E-state index is 0.549. The second-order valence-corrected chi connectivity index (χ2v) is 3.76. The smallest absolute Gasteiger partial charge is 0.242 e. The standard InChI is InChI=1S/C11H16N6O/c1-3-8-9(4-2)15-16-11(14-8)12-6-5-10-13-7-18-17-10/h7H,3-6H2,1-2H3,(H,12,14,16). The van der Waals surface area contributed by atoms with Crippen molar-refractivity contribution in [1.29, 1.82) is 0 Å². The van der Waals surface area contributed by atoms with Gasteiger partial charge in [0.05, 0.1) is 11.4 Å². The first kappa shape index (κ1) is 12.4. The zero-order valence-corrected chi connectivity index (χ0v) is 10.6. The lowest BCUT2D eigenvalue weighted by atomic mass is 10.2. The number of rotatable bonds is 6. The quantitative estimate of drug-likeness (QED) is 0.816. The van der Waals surface area contributed by atoms with Crippen LogP contribution in [-0.2, 0) is 19.3 Å².